The molecule has 8 nitrogen and oxygen atoms in total. The number of benzene rings is 1. The first-order valence-electron chi connectivity index (χ1n) is 9.66. The molecular weight excluding hydrogens is 354 g/mol. The zero-order valence-electron chi connectivity index (χ0n) is 17.3. The minimum Gasteiger partial charge on any atom is -0.367 e. The van der Waals surface area contributed by atoms with Crippen LogP contribution in [0.1, 0.15) is 45.0 Å². The number of hydrogen-bond acceptors (Lipinski definition) is 5. The van der Waals surface area contributed by atoms with E-state index in [1.807, 2.05) is 38.2 Å². The molecule has 1 aromatic carbocycles. The normalized spacial score (nSPS) is 11.8. The van der Waals surface area contributed by atoms with Crippen molar-refractivity contribution in [1.29, 1.82) is 0 Å². The van der Waals surface area contributed by atoms with Crippen LogP contribution >= 0.6 is 0 Å². The Labute approximate surface area is 165 Å². The Morgan fingerprint density at radius 2 is 1.86 bits per heavy atom. The number of aryl methyl sites for hydroxylation is 2. The van der Waals surface area contributed by atoms with Crippen LogP contribution < -0.4 is 16.0 Å². The number of rotatable bonds is 6. The monoisotopic (exact) mass is 383 g/mol. The molecule has 0 bridgehead atoms. The Morgan fingerprint density at radius 3 is 2.61 bits per heavy atom. The quantitative estimate of drug-likeness (QED) is 0.568. The topological polar surface area (TPSA) is 96.2 Å². The van der Waals surface area contributed by atoms with E-state index >= 15 is 0 Å². The highest BCUT2D eigenvalue weighted by Gasteiger charge is 2.14. The molecule has 3 N–H and O–H groups in total. The van der Waals surface area contributed by atoms with Gasteiger partial charge in [-0.25, -0.2) is 9.78 Å². The SMILES string of the molecule is Cc1ccc2nc(NCCCCNC(=O)NC(C)(C)C)c3nnc(C)n3c2c1. The summed E-state index contributed by atoms with van der Waals surface area (Å²) in [5.74, 6) is 1.57. The number of aromatic nitrogens is 4. The number of nitrogens with one attached hydrogen (secondary N) is 3. The van der Waals surface area contributed by atoms with Crippen LogP contribution in [0.25, 0.3) is 16.7 Å². The first kappa shape index (κ1) is 19.9. The van der Waals surface area contributed by atoms with E-state index in [4.69, 9.17) is 4.98 Å². The molecule has 3 aromatic rings. The Morgan fingerprint density at radius 1 is 1.11 bits per heavy atom. The van der Waals surface area contributed by atoms with E-state index in [0.29, 0.717) is 6.54 Å². The van der Waals surface area contributed by atoms with Gasteiger partial charge in [0, 0.05) is 18.6 Å². The van der Waals surface area contributed by atoms with Gasteiger partial charge in [0.15, 0.2) is 5.82 Å². The summed E-state index contributed by atoms with van der Waals surface area (Å²) < 4.78 is 2.04. The molecule has 0 saturated carbocycles. The van der Waals surface area contributed by atoms with E-state index in [-0.39, 0.29) is 11.6 Å². The number of carbonyl (C=O) groups is 1. The molecule has 28 heavy (non-hydrogen) atoms. The molecule has 0 atom stereocenters. The fourth-order valence-electron chi connectivity index (χ4n) is 3.04. The number of nitrogens with zero attached hydrogens (tertiary/aromatic N) is 4. The molecule has 150 valence electrons. The van der Waals surface area contributed by atoms with Crippen LogP contribution in [0.4, 0.5) is 10.6 Å². The molecule has 0 aliphatic rings. The highest BCUT2D eigenvalue weighted by Crippen LogP contribution is 2.22. The first-order chi connectivity index (χ1) is 13.2. The summed E-state index contributed by atoms with van der Waals surface area (Å²) in [5, 5.41) is 17.7. The maximum absolute atomic E-state index is 11.7. The second kappa shape index (κ2) is 8.00. The summed E-state index contributed by atoms with van der Waals surface area (Å²) in [6.07, 6.45) is 1.78. The molecule has 0 aliphatic heterocycles. The van der Waals surface area contributed by atoms with Crippen molar-refractivity contribution in [2.24, 2.45) is 0 Å². The van der Waals surface area contributed by atoms with Gasteiger partial charge in [0.25, 0.3) is 0 Å². The van der Waals surface area contributed by atoms with Gasteiger partial charge in [-0.3, -0.25) is 4.40 Å². The minimum absolute atomic E-state index is 0.132. The molecule has 3 rings (SSSR count). The number of amides is 2. The third-order valence-corrected chi connectivity index (χ3v) is 4.31. The fourth-order valence-corrected chi connectivity index (χ4v) is 3.04. The smallest absolute Gasteiger partial charge is 0.315 e. The van der Waals surface area contributed by atoms with Gasteiger partial charge in [0.1, 0.15) is 5.82 Å². The second-order valence-electron chi connectivity index (χ2n) is 8.12. The number of carbonyl (C=O) groups excluding carboxylic acids is 1. The molecule has 8 heteroatoms. The van der Waals surface area contributed by atoms with Crippen molar-refractivity contribution >= 4 is 28.5 Å². The highest BCUT2D eigenvalue weighted by molar-refractivity contribution is 5.83. The van der Waals surface area contributed by atoms with E-state index in [9.17, 15) is 4.79 Å². The summed E-state index contributed by atoms with van der Waals surface area (Å²) in [4.78, 5) is 16.5. The van der Waals surface area contributed by atoms with E-state index in [0.717, 1.165) is 47.7 Å². The summed E-state index contributed by atoms with van der Waals surface area (Å²) in [6, 6.07) is 6.04. The summed E-state index contributed by atoms with van der Waals surface area (Å²) >= 11 is 0. The Bertz CT molecular complexity index is 988. The average molecular weight is 384 g/mol. The van der Waals surface area contributed by atoms with Crippen LogP contribution in [0.15, 0.2) is 18.2 Å². The molecule has 0 aliphatic carbocycles. The predicted octanol–water partition coefficient (Wildman–Crippen LogP) is 3.18. The van der Waals surface area contributed by atoms with Gasteiger partial charge < -0.3 is 16.0 Å². The number of urea groups is 1. The molecule has 0 fully saturated rings. The van der Waals surface area contributed by atoms with E-state index in [2.05, 4.69) is 45.2 Å². The van der Waals surface area contributed by atoms with Crippen molar-refractivity contribution in [2.75, 3.05) is 18.4 Å². The molecule has 0 saturated heterocycles. The Kier molecular flexibility index (Phi) is 5.67. The van der Waals surface area contributed by atoms with Crippen LogP contribution in [0.2, 0.25) is 0 Å². The van der Waals surface area contributed by atoms with Crippen LogP contribution in [0.3, 0.4) is 0 Å². The molecule has 0 radical (unpaired) electrons. The zero-order valence-corrected chi connectivity index (χ0v) is 17.3. The van der Waals surface area contributed by atoms with E-state index < -0.39 is 0 Å². The lowest BCUT2D eigenvalue weighted by Crippen LogP contribution is -2.46. The van der Waals surface area contributed by atoms with Crippen LogP contribution in [0.5, 0.6) is 0 Å². The van der Waals surface area contributed by atoms with Crippen LogP contribution in [0, 0.1) is 13.8 Å². The molecular formula is C20H29N7O. The fraction of sp³-hybridized carbons (Fsp3) is 0.500. The summed E-state index contributed by atoms with van der Waals surface area (Å²) in [6.45, 7) is 11.3. The van der Waals surface area contributed by atoms with Gasteiger partial charge in [-0.05, 0) is 65.2 Å². The molecule has 0 spiro atoms. The number of anilines is 1. The Hall–Kier alpha value is -2.90. The number of unbranched alkanes of at least 4 members (excludes halogenated alkanes) is 1. The molecule has 0 unspecified atom stereocenters. The Balaban J connectivity index is 1.59. The molecule has 2 aromatic heterocycles. The maximum Gasteiger partial charge on any atom is 0.315 e. The number of fused-ring (bicyclic) bond motifs is 3. The van der Waals surface area contributed by atoms with Crippen molar-refractivity contribution in [2.45, 2.75) is 53.0 Å². The van der Waals surface area contributed by atoms with Crippen molar-refractivity contribution in [3.05, 3.63) is 29.6 Å². The third kappa shape index (κ3) is 4.68. The molecule has 2 heterocycles. The largest absolute Gasteiger partial charge is 0.367 e. The zero-order chi connectivity index (χ0) is 20.3. The van der Waals surface area contributed by atoms with Gasteiger partial charge in [0.2, 0.25) is 5.65 Å². The van der Waals surface area contributed by atoms with E-state index in [1.165, 1.54) is 5.56 Å². The minimum atomic E-state index is -0.228. The third-order valence-electron chi connectivity index (χ3n) is 4.31. The standard InChI is InChI=1S/C20H29N7O/c1-13-8-9-15-16(12-13)27-14(2)25-26-18(27)17(23-15)21-10-6-7-11-22-19(28)24-20(3,4)5/h8-9,12H,6-7,10-11H2,1-5H3,(H,21,23)(H2,22,24,28). The van der Waals surface area contributed by atoms with Crippen molar-refractivity contribution in [1.82, 2.24) is 30.2 Å². The lowest BCUT2D eigenvalue weighted by molar-refractivity contribution is 0.232. The second-order valence-corrected chi connectivity index (χ2v) is 8.12. The van der Waals surface area contributed by atoms with Gasteiger partial charge in [-0.1, -0.05) is 6.07 Å². The highest BCUT2D eigenvalue weighted by atomic mass is 16.2. The van der Waals surface area contributed by atoms with Crippen LogP contribution in [-0.4, -0.2) is 44.2 Å². The summed E-state index contributed by atoms with van der Waals surface area (Å²) in [5.41, 5.74) is 3.60. The lowest BCUT2D eigenvalue weighted by Gasteiger charge is -2.20. The van der Waals surface area contributed by atoms with Crippen molar-refractivity contribution in [3.63, 3.8) is 0 Å². The van der Waals surface area contributed by atoms with Gasteiger partial charge in [0.05, 0.1) is 11.0 Å². The number of hydrogen-bond donors (Lipinski definition) is 3. The predicted molar refractivity (Wildman–Crippen MR) is 112 cm³/mol. The maximum atomic E-state index is 11.7. The van der Waals surface area contributed by atoms with E-state index in [1.54, 1.807) is 0 Å². The van der Waals surface area contributed by atoms with Crippen molar-refractivity contribution in [3.8, 4) is 0 Å². The van der Waals surface area contributed by atoms with Gasteiger partial charge >= 0.3 is 6.03 Å². The van der Waals surface area contributed by atoms with Crippen LogP contribution in [-0.2, 0) is 0 Å². The first-order valence-corrected chi connectivity index (χ1v) is 9.66. The van der Waals surface area contributed by atoms with Crippen molar-refractivity contribution < 1.29 is 4.79 Å². The van der Waals surface area contributed by atoms with Gasteiger partial charge in [-0.15, -0.1) is 10.2 Å². The summed E-state index contributed by atoms with van der Waals surface area (Å²) in [7, 11) is 0. The average Bonchev–Trinajstić information content (AvgIpc) is 2.99. The van der Waals surface area contributed by atoms with Gasteiger partial charge in [-0.2, -0.15) is 0 Å². The lowest BCUT2D eigenvalue weighted by atomic mass is 10.1. The molecule has 2 amide bonds.